The third-order valence-electron chi connectivity index (χ3n) is 2.58. The number of nitrogens with two attached hydrogens (primary N) is 1. The van der Waals surface area contributed by atoms with E-state index in [1.807, 2.05) is 6.07 Å². The molecule has 80 valence electrons. The molecule has 1 saturated heterocycles. The first-order valence-corrected chi connectivity index (χ1v) is 5.90. The second-order valence-corrected chi connectivity index (χ2v) is 4.80. The maximum Gasteiger partial charge on any atom is 0.227 e. The van der Waals surface area contributed by atoms with Gasteiger partial charge in [-0.2, -0.15) is 0 Å². The molecule has 0 bridgehead atoms. The van der Waals surface area contributed by atoms with E-state index >= 15 is 0 Å². The molecule has 1 unspecified atom stereocenters. The molecule has 1 amide bonds. The highest BCUT2D eigenvalue weighted by Gasteiger charge is 2.30. The first-order chi connectivity index (χ1) is 7.22. The molecule has 5 heteroatoms. The number of pyridine rings is 1. The molecule has 1 fully saturated rings. The maximum atomic E-state index is 11.7. The minimum absolute atomic E-state index is 0.149. The minimum Gasteiger partial charge on any atom is -0.330 e. The predicted molar refractivity (Wildman–Crippen MR) is 66.5 cm³/mol. The Kier molecular flexibility index (Phi) is 3.20. The molecule has 2 rings (SSSR count). The van der Waals surface area contributed by atoms with E-state index in [1.165, 1.54) is 0 Å². The summed E-state index contributed by atoms with van der Waals surface area (Å²) in [5.41, 5.74) is 6.48. The third kappa shape index (κ3) is 2.12. The first-order valence-electron chi connectivity index (χ1n) is 4.82. The Labute approximate surface area is 102 Å². The van der Waals surface area contributed by atoms with Crippen LogP contribution in [0.5, 0.6) is 0 Å². The molecule has 0 spiro atoms. The highest BCUT2D eigenvalue weighted by molar-refractivity contribution is 14.1. The fourth-order valence-corrected chi connectivity index (χ4v) is 2.33. The Hall–Kier alpha value is -0.690. The van der Waals surface area contributed by atoms with Crippen molar-refractivity contribution < 1.29 is 4.79 Å². The van der Waals surface area contributed by atoms with E-state index in [2.05, 4.69) is 27.6 Å². The molecular weight excluding hydrogens is 305 g/mol. The topological polar surface area (TPSA) is 59.2 Å². The average Bonchev–Trinajstić information content (AvgIpc) is 2.60. The lowest BCUT2D eigenvalue weighted by Crippen LogP contribution is -2.26. The molecule has 0 aliphatic carbocycles. The molecule has 0 radical (unpaired) electrons. The summed E-state index contributed by atoms with van der Waals surface area (Å²) in [7, 11) is 0. The molecule has 0 saturated carbocycles. The SMILES string of the molecule is NCC1CC(=O)N(c2cnccc2I)C1. The number of hydrogen-bond donors (Lipinski definition) is 1. The number of rotatable bonds is 2. The van der Waals surface area contributed by atoms with Crippen LogP contribution in [-0.4, -0.2) is 24.0 Å². The Bertz CT molecular complexity index is 383. The van der Waals surface area contributed by atoms with Gasteiger partial charge in [-0.25, -0.2) is 0 Å². The van der Waals surface area contributed by atoms with Gasteiger partial charge in [-0.3, -0.25) is 9.78 Å². The van der Waals surface area contributed by atoms with Gasteiger partial charge in [-0.1, -0.05) is 0 Å². The standard InChI is InChI=1S/C10H12IN3O/c11-8-1-2-13-5-9(8)14-6-7(4-12)3-10(14)15/h1-2,5,7H,3-4,6,12H2. The van der Waals surface area contributed by atoms with Gasteiger partial charge in [0, 0.05) is 22.7 Å². The summed E-state index contributed by atoms with van der Waals surface area (Å²) in [6, 6.07) is 1.90. The van der Waals surface area contributed by atoms with Crippen LogP contribution >= 0.6 is 22.6 Å². The van der Waals surface area contributed by atoms with Crippen molar-refractivity contribution in [3.05, 3.63) is 22.0 Å². The van der Waals surface area contributed by atoms with Gasteiger partial charge in [0.05, 0.1) is 11.9 Å². The predicted octanol–water partition coefficient (Wildman–Crippen LogP) is 0.998. The van der Waals surface area contributed by atoms with Gasteiger partial charge in [0.2, 0.25) is 5.91 Å². The van der Waals surface area contributed by atoms with Crippen LogP contribution in [0.3, 0.4) is 0 Å². The molecule has 15 heavy (non-hydrogen) atoms. The quantitative estimate of drug-likeness (QED) is 0.828. The average molecular weight is 317 g/mol. The zero-order valence-corrected chi connectivity index (χ0v) is 10.3. The number of carbonyl (C=O) groups is 1. The molecule has 0 aromatic carbocycles. The van der Waals surface area contributed by atoms with Crippen LogP contribution in [-0.2, 0) is 4.79 Å². The van der Waals surface area contributed by atoms with Crippen molar-refractivity contribution in [2.24, 2.45) is 11.7 Å². The van der Waals surface area contributed by atoms with Crippen molar-refractivity contribution in [1.82, 2.24) is 4.98 Å². The van der Waals surface area contributed by atoms with Crippen LogP contribution in [0.25, 0.3) is 0 Å². The van der Waals surface area contributed by atoms with Crippen LogP contribution in [0, 0.1) is 9.49 Å². The van der Waals surface area contributed by atoms with E-state index in [1.54, 1.807) is 17.3 Å². The summed E-state index contributed by atoms with van der Waals surface area (Å²) in [5, 5.41) is 0. The molecule has 1 aromatic heterocycles. The van der Waals surface area contributed by atoms with Gasteiger partial charge in [0.1, 0.15) is 0 Å². The lowest BCUT2D eigenvalue weighted by Gasteiger charge is -2.17. The van der Waals surface area contributed by atoms with Crippen molar-refractivity contribution in [1.29, 1.82) is 0 Å². The lowest BCUT2D eigenvalue weighted by molar-refractivity contribution is -0.117. The van der Waals surface area contributed by atoms with Gasteiger partial charge in [0.15, 0.2) is 0 Å². The van der Waals surface area contributed by atoms with Crippen molar-refractivity contribution in [3.8, 4) is 0 Å². The normalized spacial score (nSPS) is 21.1. The smallest absolute Gasteiger partial charge is 0.227 e. The Balaban J connectivity index is 2.25. The van der Waals surface area contributed by atoms with Gasteiger partial charge in [0.25, 0.3) is 0 Å². The molecule has 1 aromatic rings. The Morgan fingerprint density at radius 3 is 3.07 bits per heavy atom. The largest absolute Gasteiger partial charge is 0.330 e. The van der Waals surface area contributed by atoms with Gasteiger partial charge in [-0.15, -0.1) is 0 Å². The summed E-state index contributed by atoms with van der Waals surface area (Å²) in [4.78, 5) is 17.6. The second kappa shape index (κ2) is 4.44. The van der Waals surface area contributed by atoms with E-state index in [-0.39, 0.29) is 11.8 Å². The number of nitrogens with zero attached hydrogens (tertiary/aromatic N) is 2. The Morgan fingerprint density at radius 1 is 1.67 bits per heavy atom. The molecule has 2 N–H and O–H groups in total. The van der Waals surface area contributed by atoms with Crippen LogP contribution in [0.15, 0.2) is 18.5 Å². The first kappa shape index (κ1) is 10.8. The van der Waals surface area contributed by atoms with Crippen LogP contribution < -0.4 is 10.6 Å². The minimum atomic E-state index is 0.149. The summed E-state index contributed by atoms with van der Waals surface area (Å²) in [5.74, 6) is 0.435. The van der Waals surface area contributed by atoms with Gasteiger partial charge >= 0.3 is 0 Å². The van der Waals surface area contributed by atoms with Crippen molar-refractivity contribution in [2.75, 3.05) is 18.0 Å². The molecule has 1 aliphatic rings. The van der Waals surface area contributed by atoms with Gasteiger partial charge in [-0.05, 0) is 41.1 Å². The summed E-state index contributed by atoms with van der Waals surface area (Å²) in [6.07, 6.45) is 4.02. The monoisotopic (exact) mass is 317 g/mol. The highest BCUT2D eigenvalue weighted by atomic mass is 127. The molecule has 2 heterocycles. The number of carbonyl (C=O) groups excluding carboxylic acids is 1. The number of halogens is 1. The van der Waals surface area contributed by atoms with Gasteiger partial charge < -0.3 is 10.6 Å². The zero-order chi connectivity index (χ0) is 10.8. The van der Waals surface area contributed by atoms with Crippen molar-refractivity contribution in [3.63, 3.8) is 0 Å². The number of aromatic nitrogens is 1. The molecule has 1 aliphatic heterocycles. The fraction of sp³-hybridized carbons (Fsp3) is 0.400. The zero-order valence-electron chi connectivity index (χ0n) is 8.19. The summed E-state index contributed by atoms with van der Waals surface area (Å²) >= 11 is 2.21. The Morgan fingerprint density at radius 2 is 2.47 bits per heavy atom. The van der Waals surface area contributed by atoms with Crippen molar-refractivity contribution in [2.45, 2.75) is 6.42 Å². The third-order valence-corrected chi connectivity index (χ3v) is 3.49. The number of hydrogen-bond acceptors (Lipinski definition) is 3. The number of anilines is 1. The highest BCUT2D eigenvalue weighted by Crippen LogP contribution is 2.27. The molecular formula is C10H12IN3O. The van der Waals surface area contributed by atoms with Crippen molar-refractivity contribution >= 4 is 34.2 Å². The summed E-state index contributed by atoms with van der Waals surface area (Å²) in [6.45, 7) is 1.29. The molecule has 1 atom stereocenters. The molecule has 4 nitrogen and oxygen atoms in total. The number of amides is 1. The fourth-order valence-electron chi connectivity index (χ4n) is 1.74. The lowest BCUT2D eigenvalue weighted by atomic mass is 10.1. The van der Waals surface area contributed by atoms with Crippen LogP contribution in [0.1, 0.15) is 6.42 Å². The van der Waals surface area contributed by atoms with E-state index in [9.17, 15) is 4.79 Å². The van der Waals surface area contributed by atoms with E-state index in [0.717, 1.165) is 15.8 Å². The van der Waals surface area contributed by atoms with E-state index in [0.29, 0.717) is 13.0 Å². The maximum absolute atomic E-state index is 11.7. The van der Waals surface area contributed by atoms with E-state index < -0.39 is 0 Å². The second-order valence-electron chi connectivity index (χ2n) is 3.64. The van der Waals surface area contributed by atoms with Crippen LogP contribution in [0.4, 0.5) is 5.69 Å². The van der Waals surface area contributed by atoms with E-state index in [4.69, 9.17) is 5.73 Å². The van der Waals surface area contributed by atoms with Crippen LogP contribution in [0.2, 0.25) is 0 Å². The summed E-state index contributed by atoms with van der Waals surface area (Å²) < 4.78 is 1.05.